The normalized spacial score (nSPS) is 10.5. The van der Waals surface area contributed by atoms with Gasteiger partial charge in [0, 0.05) is 24.5 Å². The molecule has 0 spiro atoms. The summed E-state index contributed by atoms with van der Waals surface area (Å²) < 4.78 is 18.8. The molecule has 0 aliphatic carbocycles. The SMILES string of the molecule is CCNCc1cnc(Oc2ccc(F)c(Br)c2)nc1. The molecule has 4 nitrogen and oxygen atoms in total. The molecule has 0 bridgehead atoms. The van der Waals surface area contributed by atoms with E-state index in [-0.39, 0.29) is 11.8 Å². The van der Waals surface area contributed by atoms with Gasteiger partial charge in [0.1, 0.15) is 11.6 Å². The van der Waals surface area contributed by atoms with Crippen LogP contribution in [0, 0.1) is 5.82 Å². The highest BCUT2D eigenvalue weighted by Crippen LogP contribution is 2.24. The van der Waals surface area contributed by atoms with E-state index in [1.165, 1.54) is 18.2 Å². The van der Waals surface area contributed by atoms with Crippen LogP contribution in [0.25, 0.3) is 0 Å². The second-order valence-corrected chi connectivity index (χ2v) is 4.69. The van der Waals surface area contributed by atoms with Gasteiger partial charge < -0.3 is 10.1 Å². The lowest BCUT2D eigenvalue weighted by Crippen LogP contribution is -2.12. The molecule has 1 N–H and O–H groups in total. The molecular formula is C13H13BrFN3O. The molecular weight excluding hydrogens is 313 g/mol. The highest BCUT2D eigenvalue weighted by molar-refractivity contribution is 9.10. The van der Waals surface area contributed by atoms with Gasteiger partial charge in [-0.25, -0.2) is 14.4 Å². The topological polar surface area (TPSA) is 47.0 Å². The summed E-state index contributed by atoms with van der Waals surface area (Å²) in [6.07, 6.45) is 3.40. The fourth-order valence-corrected chi connectivity index (χ4v) is 1.76. The predicted octanol–water partition coefficient (Wildman–Crippen LogP) is 3.28. The Kier molecular flexibility index (Phi) is 4.81. The van der Waals surface area contributed by atoms with Crippen LogP contribution in [-0.2, 0) is 6.54 Å². The van der Waals surface area contributed by atoms with Crippen molar-refractivity contribution < 1.29 is 9.13 Å². The Balaban J connectivity index is 2.04. The van der Waals surface area contributed by atoms with Gasteiger partial charge in [0.05, 0.1) is 4.47 Å². The van der Waals surface area contributed by atoms with Crippen LogP contribution < -0.4 is 10.1 Å². The number of benzene rings is 1. The zero-order valence-corrected chi connectivity index (χ0v) is 11.9. The smallest absolute Gasteiger partial charge is 0.321 e. The summed E-state index contributed by atoms with van der Waals surface area (Å²) in [6.45, 7) is 3.64. The molecule has 2 rings (SSSR count). The first-order chi connectivity index (χ1) is 9.19. The molecule has 0 atom stereocenters. The minimum absolute atomic E-state index is 0.235. The molecule has 6 heteroatoms. The molecule has 0 fully saturated rings. The summed E-state index contributed by atoms with van der Waals surface area (Å²) in [5, 5.41) is 3.18. The molecule has 0 unspecified atom stereocenters. The molecule has 0 aliphatic heterocycles. The van der Waals surface area contributed by atoms with Crippen LogP contribution in [0.5, 0.6) is 11.8 Å². The van der Waals surface area contributed by atoms with E-state index in [9.17, 15) is 4.39 Å². The highest BCUT2D eigenvalue weighted by Gasteiger charge is 2.04. The Bertz CT molecular complexity index is 548. The molecule has 19 heavy (non-hydrogen) atoms. The van der Waals surface area contributed by atoms with Crippen LogP contribution in [0.1, 0.15) is 12.5 Å². The van der Waals surface area contributed by atoms with Crippen LogP contribution in [0.3, 0.4) is 0 Å². The van der Waals surface area contributed by atoms with Crippen molar-refractivity contribution in [2.75, 3.05) is 6.54 Å². The summed E-state index contributed by atoms with van der Waals surface area (Å²) >= 11 is 3.10. The van der Waals surface area contributed by atoms with Crippen LogP contribution in [0.15, 0.2) is 35.1 Å². The Hall–Kier alpha value is -1.53. The molecule has 1 aromatic carbocycles. The van der Waals surface area contributed by atoms with Crippen molar-refractivity contribution in [2.45, 2.75) is 13.5 Å². The molecule has 0 saturated heterocycles. The number of ether oxygens (including phenoxy) is 1. The molecule has 100 valence electrons. The Labute approximate surface area is 119 Å². The molecule has 0 amide bonds. The van der Waals surface area contributed by atoms with Gasteiger partial charge in [-0.1, -0.05) is 6.92 Å². The summed E-state index contributed by atoms with van der Waals surface area (Å²) in [6, 6.07) is 4.61. The van der Waals surface area contributed by atoms with Crippen molar-refractivity contribution in [1.82, 2.24) is 15.3 Å². The lowest BCUT2D eigenvalue weighted by molar-refractivity contribution is 0.439. The zero-order chi connectivity index (χ0) is 13.7. The summed E-state index contributed by atoms with van der Waals surface area (Å²) in [4.78, 5) is 8.19. The number of hydrogen-bond acceptors (Lipinski definition) is 4. The summed E-state index contributed by atoms with van der Waals surface area (Å²) in [5.74, 6) is 0.141. The van der Waals surface area contributed by atoms with Gasteiger partial charge in [-0.3, -0.25) is 0 Å². The number of nitrogens with one attached hydrogen (secondary N) is 1. The average Bonchev–Trinajstić information content (AvgIpc) is 2.42. The Morgan fingerprint density at radius 1 is 1.32 bits per heavy atom. The molecule has 1 heterocycles. The van der Waals surface area contributed by atoms with Crippen molar-refractivity contribution in [3.63, 3.8) is 0 Å². The predicted molar refractivity (Wildman–Crippen MR) is 73.6 cm³/mol. The van der Waals surface area contributed by atoms with Crippen molar-refractivity contribution in [1.29, 1.82) is 0 Å². The maximum absolute atomic E-state index is 13.1. The van der Waals surface area contributed by atoms with E-state index in [0.717, 1.165) is 18.7 Å². The van der Waals surface area contributed by atoms with E-state index >= 15 is 0 Å². The van der Waals surface area contributed by atoms with Gasteiger partial charge in [-0.15, -0.1) is 0 Å². The number of hydrogen-bond donors (Lipinski definition) is 1. The van der Waals surface area contributed by atoms with E-state index in [0.29, 0.717) is 10.2 Å². The first-order valence-corrected chi connectivity index (χ1v) is 6.63. The monoisotopic (exact) mass is 325 g/mol. The minimum atomic E-state index is -0.339. The Morgan fingerprint density at radius 2 is 2.05 bits per heavy atom. The van der Waals surface area contributed by atoms with E-state index in [1.54, 1.807) is 12.4 Å². The first-order valence-electron chi connectivity index (χ1n) is 5.83. The van der Waals surface area contributed by atoms with Crippen LogP contribution in [0.2, 0.25) is 0 Å². The number of halogens is 2. The van der Waals surface area contributed by atoms with Gasteiger partial charge in [-0.05, 0) is 40.7 Å². The van der Waals surface area contributed by atoms with Crippen LogP contribution in [0.4, 0.5) is 4.39 Å². The van der Waals surface area contributed by atoms with Crippen molar-refractivity contribution in [2.24, 2.45) is 0 Å². The van der Waals surface area contributed by atoms with Gasteiger partial charge in [-0.2, -0.15) is 0 Å². The lowest BCUT2D eigenvalue weighted by atomic mass is 10.3. The van der Waals surface area contributed by atoms with Crippen molar-refractivity contribution in [3.05, 3.63) is 46.4 Å². The molecule has 0 aliphatic rings. The fourth-order valence-electron chi connectivity index (χ4n) is 1.40. The van der Waals surface area contributed by atoms with Crippen molar-refractivity contribution in [3.8, 4) is 11.8 Å². The standard InChI is InChI=1S/C13H13BrFN3O/c1-2-16-6-9-7-17-13(18-8-9)19-10-3-4-12(15)11(14)5-10/h3-5,7-8,16H,2,6H2,1H3. The number of nitrogens with zero attached hydrogens (tertiary/aromatic N) is 2. The van der Waals surface area contributed by atoms with Gasteiger partial charge in [0.25, 0.3) is 0 Å². The zero-order valence-electron chi connectivity index (χ0n) is 10.4. The maximum Gasteiger partial charge on any atom is 0.321 e. The maximum atomic E-state index is 13.1. The second kappa shape index (κ2) is 6.58. The van der Waals surface area contributed by atoms with E-state index < -0.39 is 0 Å². The van der Waals surface area contributed by atoms with Crippen LogP contribution in [-0.4, -0.2) is 16.5 Å². The number of rotatable bonds is 5. The lowest BCUT2D eigenvalue weighted by Gasteiger charge is -2.05. The van der Waals surface area contributed by atoms with Crippen LogP contribution >= 0.6 is 15.9 Å². The van der Waals surface area contributed by atoms with E-state index in [2.05, 4.69) is 31.2 Å². The Morgan fingerprint density at radius 3 is 2.68 bits per heavy atom. The first kappa shape index (κ1) is 13.9. The largest absolute Gasteiger partial charge is 0.424 e. The minimum Gasteiger partial charge on any atom is -0.424 e. The highest BCUT2D eigenvalue weighted by atomic mass is 79.9. The second-order valence-electron chi connectivity index (χ2n) is 3.83. The molecule has 0 radical (unpaired) electrons. The summed E-state index contributed by atoms with van der Waals surface area (Å²) in [7, 11) is 0. The third-order valence-corrected chi connectivity index (χ3v) is 2.97. The number of aromatic nitrogens is 2. The van der Waals surface area contributed by atoms with Gasteiger partial charge in [0.2, 0.25) is 0 Å². The molecule has 2 aromatic rings. The average molecular weight is 326 g/mol. The quantitative estimate of drug-likeness (QED) is 0.916. The van der Waals surface area contributed by atoms with E-state index in [1.807, 2.05) is 6.92 Å². The third-order valence-electron chi connectivity index (χ3n) is 2.36. The summed E-state index contributed by atoms with van der Waals surface area (Å²) in [5.41, 5.74) is 0.981. The van der Waals surface area contributed by atoms with E-state index in [4.69, 9.17) is 4.74 Å². The van der Waals surface area contributed by atoms with Crippen molar-refractivity contribution >= 4 is 15.9 Å². The van der Waals surface area contributed by atoms with Gasteiger partial charge >= 0.3 is 6.01 Å². The van der Waals surface area contributed by atoms with Gasteiger partial charge in [0.15, 0.2) is 0 Å². The molecule has 1 aromatic heterocycles. The molecule has 0 saturated carbocycles. The fraction of sp³-hybridized carbons (Fsp3) is 0.231. The third kappa shape index (κ3) is 3.97.